The fourth-order valence-electron chi connectivity index (χ4n) is 1.67. The van der Waals surface area contributed by atoms with E-state index in [1.54, 1.807) is 0 Å². The Kier molecular flexibility index (Phi) is 3.96. The Morgan fingerprint density at radius 1 is 1.40 bits per heavy atom. The molecule has 0 unspecified atom stereocenters. The van der Waals surface area contributed by atoms with E-state index < -0.39 is 25.2 Å². The highest BCUT2D eigenvalue weighted by Crippen LogP contribution is 2.28. The molecule has 0 radical (unpaired) electrons. The van der Waals surface area contributed by atoms with Gasteiger partial charge in [-0.3, -0.25) is 9.69 Å². The summed E-state index contributed by atoms with van der Waals surface area (Å²) in [5.74, 6) is -0.967. The molecule has 0 heterocycles. The number of rotatable bonds is 5. The highest BCUT2D eigenvalue weighted by molar-refractivity contribution is 5.69. The van der Waals surface area contributed by atoms with Crippen LogP contribution in [0.4, 0.5) is 13.2 Å². The van der Waals surface area contributed by atoms with Gasteiger partial charge in [0.05, 0.1) is 13.1 Å². The average molecular weight is 225 g/mol. The zero-order valence-corrected chi connectivity index (χ0v) is 8.26. The van der Waals surface area contributed by atoms with E-state index in [-0.39, 0.29) is 12.5 Å². The van der Waals surface area contributed by atoms with E-state index in [0.29, 0.717) is 0 Å². The number of halogens is 3. The van der Waals surface area contributed by atoms with E-state index >= 15 is 0 Å². The van der Waals surface area contributed by atoms with Crippen molar-refractivity contribution in [3.8, 4) is 0 Å². The van der Waals surface area contributed by atoms with Crippen LogP contribution < -0.4 is 0 Å². The first kappa shape index (κ1) is 12.3. The molecule has 1 fully saturated rings. The Hall–Kier alpha value is -0.780. The van der Waals surface area contributed by atoms with Crippen molar-refractivity contribution >= 4 is 5.97 Å². The lowest BCUT2D eigenvalue weighted by Gasteiger charge is -2.31. The van der Waals surface area contributed by atoms with Crippen LogP contribution in [0.1, 0.15) is 19.3 Å². The average Bonchev–Trinajstić information content (AvgIpc) is 1.91. The van der Waals surface area contributed by atoms with Crippen LogP contribution in [0.15, 0.2) is 0 Å². The minimum absolute atomic E-state index is 0.242. The van der Waals surface area contributed by atoms with Gasteiger partial charge in [-0.1, -0.05) is 6.42 Å². The zero-order valence-electron chi connectivity index (χ0n) is 8.26. The van der Waals surface area contributed by atoms with Crippen LogP contribution in [-0.4, -0.2) is 41.8 Å². The highest BCUT2D eigenvalue weighted by Gasteiger charge is 2.33. The summed E-state index contributed by atoms with van der Waals surface area (Å²) >= 11 is 0. The maximum absolute atomic E-state index is 12.1. The van der Waals surface area contributed by atoms with Crippen LogP contribution in [-0.2, 0) is 4.79 Å². The standard InChI is InChI=1S/C9H14F3NO2/c10-9(11,12)6-13(5-8(14)15)4-7-2-1-3-7/h7H,1-6H2,(H,14,15). The van der Waals surface area contributed by atoms with Gasteiger partial charge < -0.3 is 5.11 Å². The van der Waals surface area contributed by atoms with E-state index in [4.69, 9.17) is 5.11 Å². The fraction of sp³-hybridized carbons (Fsp3) is 0.889. The minimum Gasteiger partial charge on any atom is -0.480 e. The smallest absolute Gasteiger partial charge is 0.401 e. The lowest BCUT2D eigenvalue weighted by Crippen LogP contribution is -2.41. The van der Waals surface area contributed by atoms with Gasteiger partial charge in [0.15, 0.2) is 0 Å². The van der Waals surface area contributed by atoms with Crippen molar-refractivity contribution < 1.29 is 23.1 Å². The van der Waals surface area contributed by atoms with Crippen LogP contribution in [0.2, 0.25) is 0 Å². The summed E-state index contributed by atoms with van der Waals surface area (Å²) in [5, 5.41) is 8.48. The normalized spacial score (nSPS) is 17.9. The Balaban J connectivity index is 2.40. The fourth-order valence-corrected chi connectivity index (χ4v) is 1.67. The Morgan fingerprint density at radius 3 is 2.33 bits per heavy atom. The Morgan fingerprint density at radius 2 is 2.00 bits per heavy atom. The zero-order chi connectivity index (χ0) is 11.5. The number of carboxylic acid groups (broad SMARTS) is 1. The molecule has 0 aromatic rings. The van der Waals surface area contributed by atoms with Crippen LogP contribution in [0.5, 0.6) is 0 Å². The molecule has 1 aliphatic rings. The first-order chi connectivity index (χ1) is 6.87. The molecule has 88 valence electrons. The van der Waals surface area contributed by atoms with Crippen molar-refractivity contribution in [2.24, 2.45) is 5.92 Å². The maximum Gasteiger partial charge on any atom is 0.401 e. The SMILES string of the molecule is O=C(O)CN(CC1CCC1)CC(F)(F)F. The van der Waals surface area contributed by atoms with Gasteiger partial charge >= 0.3 is 12.1 Å². The molecular weight excluding hydrogens is 211 g/mol. The molecule has 0 aromatic carbocycles. The molecule has 0 atom stereocenters. The van der Waals surface area contributed by atoms with Gasteiger partial charge in [-0.05, 0) is 18.8 Å². The molecule has 0 aromatic heterocycles. The van der Waals surface area contributed by atoms with Crippen molar-refractivity contribution in [2.45, 2.75) is 25.4 Å². The van der Waals surface area contributed by atoms with Gasteiger partial charge in [0.25, 0.3) is 0 Å². The Bertz CT molecular complexity index is 226. The second-order valence-electron chi connectivity index (χ2n) is 3.98. The summed E-state index contributed by atoms with van der Waals surface area (Å²) in [6, 6.07) is 0. The number of nitrogens with zero attached hydrogens (tertiary/aromatic N) is 1. The number of hydrogen-bond donors (Lipinski definition) is 1. The second kappa shape index (κ2) is 4.83. The van der Waals surface area contributed by atoms with E-state index in [9.17, 15) is 18.0 Å². The third-order valence-electron chi connectivity index (χ3n) is 2.50. The van der Waals surface area contributed by atoms with E-state index in [2.05, 4.69) is 0 Å². The van der Waals surface area contributed by atoms with Crippen molar-refractivity contribution in [1.82, 2.24) is 4.90 Å². The molecule has 1 N–H and O–H groups in total. The molecule has 0 saturated heterocycles. The third-order valence-corrected chi connectivity index (χ3v) is 2.50. The molecular formula is C9H14F3NO2. The lowest BCUT2D eigenvalue weighted by molar-refractivity contribution is -0.155. The quantitative estimate of drug-likeness (QED) is 0.774. The number of carboxylic acids is 1. The summed E-state index contributed by atoms with van der Waals surface area (Å²) < 4.78 is 36.3. The van der Waals surface area contributed by atoms with Gasteiger partial charge in [-0.15, -0.1) is 0 Å². The second-order valence-corrected chi connectivity index (χ2v) is 3.98. The summed E-state index contributed by atoms with van der Waals surface area (Å²) in [7, 11) is 0. The van der Waals surface area contributed by atoms with E-state index in [0.717, 1.165) is 24.2 Å². The summed E-state index contributed by atoms with van der Waals surface area (Å²) in [4.78, 5) is 11.3. The van der Waals surface area contributed by atoms with Crippen molar-refractivity contribution in [3.63, 3.8) is 0 Å². The molecule has 0 bridgehead atoms. The number of hydrogen-bond acceptors (Lipinski definition) is 2. The van der Waals surface area contributed by atoms with Crippen LogP contribution in [0.25, 0.3) is 0 Å². The van der Waals surface area contributed by atoms with Crippen molar-refractivity contribution in [3.05, 3.63) is 0 Å². The van der Waals surface area contributed by atoms with Gasteiger partial charge in [0.1, 0.15) is 0 Å². The maximum atomic E-state index is 12.1. The first-order valence-corrected chi connectivity index (χ1v) is 4.88. The van der Waals surface area contributed by atoms with Crippen molar-refractivity contribution in [1.29, 1.82) is 0 Å². The molecule has 0 amide bonds. The monoisotopic (exact) mass is 225 g/mol. The molecule has 0 aliphatic heterocycles. The molecule has 0 spiro atoms. The summed E-state index contributed by atoms with van der Waals surface area (Å²) in [5.41, 5.74) is 0. The lowest BCUT2D eigenvalue weighted by atomic mass is 9.85. The largest absolute Gasteiger partial charge is 0.480 e. The molecule has 6 heteroatoms. The summed E-state index contributed by atoms with van der Waals surface area (Å²) in [6.45, 7) is -1.42. The van der Waals surface area contributed by atoms with Crippen LogP contribution >= 0.6 is 0 Å². The van der Waals surface area contributed by atoms with Gasteiger partial charge in [-0.25, -0.2) is 0 Å². The number of carbonyl (C=O) groups is 1. The topological polar surface area (TPSA) is 40.5 Å². The number of alkyl halides is 3. The number of aliphatic carboxylic acids is 1. The first-order valence-electron chi connectivity index (χ1n) is 4.88. The van der Waals surface area contributed by atoms with E-state index in [1.807, 2.05) is 0 Å². The molecule has 1 aliphatic carbocycles. The third kappa shape index (κ3) is 5.01. The van der Waals surface area contributed by atoms with Crippen molar-refractivity contribution in [2.75, 3.05) is 19.6 Å². The predicted molar refractivity (Wildman–Crippen MR) is 47.5 cm³/mol. The van der Waals surface area contributed by atoms with E-state index in [1.165, 1.54) is 0 Å². The highest BCUT2D eigenvalue weighted by atomic mass is 19.4. The van der Waals surface area contributed by atoms with Crippen LogP contribution in [0.3, 0.4) is 0 Å². The minimum atomic E-state index is -4.32. The summed E-state index contributed by atoms with van der Waals surface area (Å²) in [6.07, 6.45) is -1.46. The van der Waals surface area contributed by atoms with Gasteiger partial charge in [0, 0.05) is 6.54 Å². The van der Waals surface area contributed by atoms with Crippen LogP contribution in [0, 0.1) is 5.92 Å². The molecule has 15 heavy (non-hydrogen) atoms. The Labute approximate surface area is 85.9 Å². The molecule has 3 nitrogen and oxygen atoms in total. The molecule has 1 saturated carbocycles. The predicted octanol–water partition coefficient (Wildman–Crippen LogP) is 1.74. The molecule has 1 rings (SSSR count). The van der Waals surface area contributed by atoms with Gasteiger partial charge in [-0.2, -0.15) is 13.2 Å². The van der Waals surface area contributed by atoms with Gasteiger partial charge in [0.2, 0.25) is 0 Å².